The number of carbonyl (C=O) groups is 1. The highest BCUT2D eigenvalue weighted by Gasteiger charge is 2.26. The molecule has 2 aromatic heterocycles. The predicted molar refractivity (Wildman–Crippen MR) is 128 cm³/mol. The van der Waals surface area contributed by atoms with Crippen LogP contribution in [0.4, 0.5) is 8.78 Å². The molecule has 1 N–H and O–H groups in total. The number of amides is 1. The molecule has 1 saturated heterocycles. The highest BCUT2D eigenvalue weighted by molar-refractivity contribution is 7.19. The van der Waals surface area contributed by atoms with E-state index in [4.69, 9.17) is 4.74 Å². The Bertz CT molecular complexity index is 1420. The maximum atomic E-state index is 14.5. The van der Waals surface area contributed by atoms with E-state index in [2.05, 4.69) is 21.5 Å². The van der Waals surface area contributed by atoms with Crippen LogP contribution in [-0.4, -0.2) is 52.3 Å². The van der Waals surface area contributed by atoms with Crippen LogP contribution in [0.3, 0.4) is 0 Å². The van der Waals surface area contributed by atoms with Crippen molar-refractivity contribution in [3.05, 3.63) is 71.6 Å². The summed E-state index contributed by atoms with van der Waals surface area (Å²) in [6, 6.07) is 11.4. The van der Waals surface area contributed by atoms with Crippen LogP contribution in [0.25, 0.3) is 26.8 Å². The van der Waals surface area contributed by atoms with E-state index in [0.29, 0.717) is 31.9 Å². The van der Waals surface area contributed by atoms with Gasteiger partial charge in [0.1, 0.15) is 23.6 Å². The predicted octanol–water partition coefficient (Wildman–Crippen LogP) is 3.98. The van der Waals surface area contributed by atoms with Crippen molar-refractivity contribution in [2.75, 3.05) is 26.2 Å². The Morgan fingerprint density at radius 3 is 2.94 bits per heavy atom. The van der Waals surface area contributed by atoms with Crippen LogP contribution < -0.4 is 10.1 Å². The van der Waals surface area contributed by atoms with Crippen molar-refractivity contribution in [2.24, 2.45) is 0 Å². The van der Waals surface area contributed by atoms with Crippen LogP contribution in [0.1, 0.15) is 17.2 Å². The number of thiophene rings is 1. The summed E-state index contributed by atoms with van der Waals surface area (Å²) in [7, 11) is 0. The Morgan fingerprint density at radius 1 is 1.17 bits per heavy atom. The third-order valence-electron chi connectivity index (χ3n) is 6.40. The lowest BCUT2D eigenvalue weighted by molar-refractivity contribution is -0.121. The number of fused-ring (bicyclic) bond motifs is 3. The Morgan fingerprint density at radius 2 is 2.09 bits per heavy atom. The zero-order chi connectivity index (χ0) is 23.9. The Balaban J connectivity index is 1.43. The average molecular weight is 494 g/mol. The van der Waals surface area contributed by atoms with Gasteiger partial charge < -0.3 is 15.0 Å². The summed E-state index contributed by atoms with van der Waals surface area (Å²) in [5.41, 5.74) is 3.23. The van der Waals surface area contributed by atoms with Gasteiger partial charge in [0.05, 0.1) is 17.5 Å². The Labute approximate surface area is 204 Å². The van der Waals surface area contributed by atoms with E-state index in [1.54, 1.807) is 0 Å². The van der Waals surface area contributed by atoms with Crippen LogP contribution in [0.2, 0.25) is 0 Å². The number of benzene rings is 2. The molecular weight excluding hydrogens is 472 g/mol. The Hall–Kier alpha value is -3.63. The number of halogens is 2. The van der Waals surface area contributed by atoms with Gasteiger partial charge >= 0.3 is 0 Å². The third-order valence-corrected chi connectivity index (χ3v) is 7.60. The molecule has 1 amide bonds. The van der Waals surface area contributed by atoms with E-state index in [1.165, 1.54) is 34.5 Å². The summed E-state index contributed by atoms with van der Waals surface area (Å²) in [6.45, 7) is 2.65. The van der Waals surface area contributed by atoms with Crippen molar-refractivity contribution >= 4 is 17.7 Å². The Kier molecular flexibility index (Phi) is 5.54. The molecule has 2 aliphatic heterocycles. The van der Waals surface area contributed by atoms with Gasteiger partial charge in [-0.3, -0.25) is 4.79 Å². The molecule has 0 spiro atoms. The molecule has 1 atom stereocenters. The molecule has 0 radical (unpaired) electrons. The number of carbonyl (C=O) groups excluding carboxylic acids is 1. The van der Waals surface area contributed by atoms with Gasteiger partial charge in [-0.05, 0) is 41.5 Å². The molecule has 10 heteroatoms. The van der Waals surface area contributed by atoms with Gasteiger partial charge in [-0.2, -0.15) is 5.10 Å². The molecule has 2 aliphatic rings. The van der Waals surface area contributed by atoms with E-state index in [-0.39, 0.29) is 11.7 Å². The van der Waals surface area contributed by atoms with Crippen molar-refractivity contribution in [1.29, 1.82) is 0 Å². The molecule has 0 aliphatic carbocycles. The first-order valence-electron chi connectivity index (χ1n) is 11.3. The summed E-state index contributed by atoms with van der Waals surface area (Å²) in [6.07, 6.45) is 2.98. The van der Waals surface area contributed by atoms with Crippen molar-refractivity contribution in [2.45, 2.75) is 12.5 Å². The zero-order valence-electron chi connectivity index (χ0n) is 18.6. The van der Waals surface area contributed by atoms with Crippen molar-refractivity contribution in [3.8, 4) is 32.6 Å². The minimum Gasteiger partial charge on any atom is -0.493 e. The van der Waals surface area contributed by atoms with Crippen LogP contribution in [0.15, 0.2) is 48.8 Å². The van der Waals surface area contributed by atoms with Crippen LogP contribution in [0.5, 0.6) is 5.75 Å². The van der Waals surface area contributed by atoms with E-state index in [1.807, 2.05) is 23.1 Å². The summed E-state index contributed by atoms with van der Waals surface area (Å²) < 4.78 is 35.4. The molecule has 0 saturated carbocycles. The smallest absolute Gasteiger partial charge is 0.210 e. The minimum atomic E-state index is -0.709. The number of ether oxygens (including phenoxy) is 1. The number of hydrogen-bond donors (Lipinski definition) is 1. The molecule has 4 aromatic rings. The molecule has 6 rings (SSSR count). The average Bonchev–Trinajstić information content (AvgIpc) is 3.48. The maximum absolute atomic E-state index is 14.5. The van der Waals surface area contributed by atoms with Crippen molar-refractivity contribution < 1.29 is 18.3 Å². The molecule has 2 aromatic carbocycles. The van der Waals surface area contributed by atoms with Gasteiger partial charge in [0.2, 0.25) is 6.41 Å². The minimum absolute atomic E-state index is 0.0535. The molecular formula is C25H21F2N5O2S. The van der Waals surface area contributed by atoms with Gasteiger partial charge in [0, 0.05) is 42.6 Å². The maximum Gasteiger partial charge on any atom is 0.210 e. The van der Waals surface area contributed by atoms with Crippen LogP contribution in [-0.2, 0) is 11.2 Å². The molecule has 7 nitrogen and oxygen atoms in total. The molecule has 1 unspecified atom stereocenters. The lowest BCUT2D eigenvalue weighted by atomic mass is 9.99. The van der Waals surface area contributed by atoms with E-state index < -0.39 is 11.6 Å². The standard InChI is InChI=1S/C25H21F2N5O2S/c26-17-2-3-20(19(27)11-17)32-25(29-13-30-32)23-10-16-5-8-34-22-4-1-15(9-18(22)24(16)35-23)21-12-28-6-7-31(21)14-33/h1-4,9-11,13-14,21,28H,5-8,12H2. The molecule has 4 heterocycles. The summed E-state index contributed by atoms with van der Waals surface area (Å²) >= 11 is 1.53. The first-order chi connectivity index (χ1) is 17.1. The van der Waals surface area contributed by atoms with Crippen molar-refractivity contribution in [3.63, 3.8) is 0 Å². The van der Waals surface area contributed by atoms with E-state index in [0.717, 1.165) is 51.2 Å². The van der Waals surface area contributed by atoms with Gasteiger partial charge in [0.15, 0.2) is 11.6 Å². The van der Waals surface area contributed by atoms with Crippen LogP contribution in [0, 0.1) is 11.6 Å². The summed E-state index contributed by atoms with van der Waals surface area (Å²) in [5.74, 6) is -0.0901. The summed E-state index contributed by atoms with van der Waals surface area (Å²) in [4.78, 5) is 19.7. The molecule has 35 heavy (non-hydrogen) atoms. The molecule has 0 bridgehead atoms. The first kappa shape index (κ1) is 21.9. The fraction of sp³-hybridized carbons (Fsp3) is 0.240. The monoisotopic (exact) mass is 493 g/mol. The van der Waals surface area contributed by atoms with Gasteiger partial charge in [-0.1, -0.05) is 6.07 Å². The number of hydrogen-bond acceptors (Lipinski definition) is 6. The van der Waals surface area contributed by atoms with Gasteiger partial charge in [0.25, 0.3) is 0 Å². The number of aromatic nitrogens is 3. The topological polar surface area (TPSA) is 72.3 Å². The number of nitrogens with zero attached hydrogens (tertiary/aromatic N) is 4. The largest absolute Gasteiger partial charge is 0.493 e. The van der Waals surface area contributed by atoms with Crippen LogP contribution >= 0.6 is 11.3 Å². The zero-order valence-corrected chi connectivity index (χ0v) is 19.4. The highest BCUT2D eigenvalue weighted by atomic mass is 32.1. The van der Waals surface area contributed by atoms with E-state index >= 15 is 0 Å². The molecule has 178 valence electrons. The number of rotatable bonds is 4. The number of piperazine rings is 1. The summed E-state index contributed by atoms with van der Waals surface area (Å²) in [5, 5.41) is 7.56. The fourth-order valence-corrected chi connectivity index (χ4v) is 5.89. The fourth-order valence-electron chi connectivity index (χ4n) is 4.68. The van der Waals surface area contributed by atoms with Gasteiger partial charge in [-0.15, -0.1) is 11.3 Å². The van der Waals surface area contributed by atoms with E-state index in [9.17, 15) is 13.6 Å². The SMILES string of the molecule is O=CN1CCNCC1c1ccc2c(c1)-c1sc(-c3ncnn3-c3ccc(F)cc3F)cc1CCO2. The second-order valence-corrected chi connectivity index (χ2v) is 9.53. The normalized spacial score (nSPS) is 17.3. The van der Waals surface area contributed by atoms with Crippen molar-refractivity contribution in [1.82, 2.24) is 25.0 Å². The number of nitrogens with one attached hydrogen (secondary N) is 1. The second-order valence-electron chi connectivity index (χ2n) is 8.47. The second kappa shape index (κ2) is 8.86. The highest BCUT2D eigenvalue weighted by Crippen LogP contribution is 2.44. The molecule has 1 fully saturated rings. The lowest BCUT2D eigenvalue weighted by Gasteiger charge is -2.33. The first-order valence-corrected chi connectivity index (χ1v) is 12.1. The lowest BCUT2D eigenvalue weighted by Crippen LogP contribution is -2.45. The van der Waals surface area contributed by atoms with Gasteiger partial charge in [-0.25, -0.2) is 18.4 Å². The quantitative estimate of drug-likeness (QED) is 0.436. The third kappa shape index (κ3) is 3.88.